The summed E-state index contributed by atoms with van der Waals surface area (Å²) in [5.74, 6) is 1.12. The molecule has 3 nitrogen and oxygen atoms in total. The third-order valence-corrected chi connectivity index (χ3v) is 3.90. The maximum absolute atomic E-state index is 5.98. The van der Waals surface area contributed by atoms with Gasteiger partial charge in [-0.2, -0.15) is 0 Å². The first kappa shape index (κ1) is 12.0. The number of likely N-dealkylation sites (tertiary alicyclic amines) is 1. The molecule has 1 N–H and O–H groups in total. The SMILES string of the molecule is Clc1ccc(C(C2=NCCN2)N2CCCC2)cc1. The van der Waals surface area contributed by atoms with Crippen LogP contribution in [0.4, 0.5) is 0 Å². The fourth-order valence-electron chi connectivity index (χ4n) is 2.79. The van der Waals surface area contributed by atoms with Crippen LogP contribution in [-0.2, 0) is 0 Å². The lowest BCUT2D eigenvalue weighted by molar-refractivity contribution is 0.301. The first-order valence-electron chi connectivity index (χ1n) is 6.62. The van der Waals surface area contributed by atoms with E-state index >= 15 is 0 Å². The second-order valence-electron chi connectivity index (χ2n) is 4.89. The quantitative estimate of drug-likeness (QED) is 0.907. The highest BCUT2D eigenvalue weighted by Gasteiger charge is 2.29. The van der Waals surface area contributed by atoms with Gasteiger partial charge in [0.15, 0.2) is 0 Å². The number of amidine groups is 1. The van der Waals surface area contributed by atoms with E-state index in [0.717, 1.165) is 37.0 Å². The second-order valence-corrected chi connectivity index (χ2v) is 5.33. The molecule has 0 bridgehead atoms. The summed E-state index contributed by atoms with van der Waals surface area (Å²) < 4.78 is 0. The van der Waals surface area contributed by atoms with Crippen molar-refractivity contribution < 1.29 is 0 Å². The van der Waals surface area contributed by atoms with Crippen molar-refractivity contribution >= 4 is 17.4 Å². The zero-order valence-corrected chi connectivity index (χ0v) is 11.2. The van der Waals surface area contributed by atoms with E-state index in [-0.39, 0.29) is 6.04 Å². The van der Waals surface area contributed by atoms with E-state index in [9.17, 15) is 0 Å². The molecule has 0 aromatic heterocycles. The van der Waals surface area contributed by atoms with Crippen LogP contribution in [0.1, 0.15) is 24.4 Å². The Morgan fingerprint density at radius 1 is 1.17 bits per heavy atom. The molecule has 1 aromatic rings. The van der Waals surface area contributed by atoms with Crippen LogP contribution in [0, 0.1) is 0 Å². The van der Waals surface area contributed by atoms with E-state index in [2.05, 4.69) is 27.3 Å². The zero-order valence-electron chi connectivity index (χ0n) is 10.4. The minimum atomic E-state index is 0.285. The van der Waals surface area contributed by atoms with Crippen molar-refractivity contribution in [2.45, 2.75) is 18.9 Å². The Labute approximate surface area is 113 Å². The van der Waals surface area contributed by atoms with Gasteiger partial charge in [-0.25, -0.2) is 0 Å². The van der Waals surface area contributed by atoms with Crippen LogP contribution in [0.5, 0.6) is 0 Å². The average molecular weight is 264 g/mol. The maximum atomic E-state index is 5.98. The van der Waals surface area contributed by atoms with Gasteiger partial charge in [0.1, 0.15) is 5.84 Å². The molecule has 2 aliphatic heterocycles. The third-order valence-electron chi connectivity index (χ3n) is 3.65. The Bertz CT molecular complexity index is 435. The number of halogens is 1. The first-order valence-corrected chi connectivity index (χ1v) is 7.00. The fourth-order valence-corrected chi connectivity index (χ4v) is 2.91. The summed E-state index contributed by atoms with van der Waals surface area (Å²) >= 11 is 5.98. The minimum absolute atomic E-state index is 0.285. The Hall–Kier alpha value is -1.06. The van der Waals surface area contributed by atoms with Crippen LogP contribution in [0.3, 0.4) is 0 Å². The molecule has 1 atom stereocenters. The number of hydrogen-bond donors (Lipinski definition) is 1. The molecule has 18 heavy (non-hydrogen) atoms. The highest BCUT2D eigenvalue weighted by molar-refractivity contribution is 6.30. The molecule has 0 amide bonds. The van der Waals surface area contributed by atoms with E-state index in [1.54, 1.807) is 0 Å². The van der Waals surface area contributed by atoms with E-state index in [4.69, 9.17) is 11.6 Å². The standard InChI is InChI=1S/C14H18ClN3/c15-12-5-3-11(4-6-12)13(14-16-7-8-17-14)18-9-1-2-10-18/h3-6,13H,1-2,7-10H2,(H,16,17). The van der Waals surface area contributed by atoms with Crippen molar-refractivity contribution in [2.24, 2.45) is 4.99 Å². The lowest BCUT2D eigenvalue weighted by Crippen LogP contribution is -2.37. The van der Waals surface area contributed by atoms with Gasteiger partial charge in [-0.1, -0.05) is 23.7 Å². The Morgan fingerprint density at radius 2 is 1.89 bits per heavy atom. The van der Waals surface area contributed by atoms with Gasteiger partial charge in [0.2, 0.25) is 0 Å². The molecule has 4 heteroatoms. The summed E-state index contributed by atoms with van der Waals surface area (Å²) in [5, 5.41) is 4.21. The number of hydrogen-bond acceptors (Lipinski definition) is 3. The minimum Gasteiger partial charge on any atom is -0.370 e. The van der Waals surface area contributed by atoms with Gasteiger partial charge < -0.3 is 5.32 Å². The molecule has 1 aromatic carbocycles. The summed E-state index contributed by atoms with van der Waals surface area (Å²) in [6, 6.07) is 8.46. The van der Waals surface area contributed by atoms with Crippen LogP contribution in [0.2, 0.25) is 5.02 Å². The number of rotatable bonds is 3. The highest BCUT2D eigenvalue weighted by Crippen LogP contribution is 2.27. The third kappa shape index (κ3) is 2.38. The molecular weight excluding hydrogens is 246 g/mol. The van der Waals surface area contributed by atoms with Crippen molar-refractivity contribution in [2.75, 3.05) is 26.2 Å². The zero-order chi connectivity index (χ0) is 12.4. The molecule has 0 saturated carbocycles. The van der Waals surface area contributed by atoms with Crippen molar-refractivity contribution in [3.63, 3.8) is 0 Å². The van der Waals surface area contributed by atoms with Gasteiger partial charge in [-0.05, 0) is 43.6 Å². The van der Waals surface area contributed by atoms with Crippen LogP contribution in [0.15, 0.2) is 29.3 Å². The highest BCUT2D eigenvalue weighted by atomic mass is 35.5. The van der Waals surface area contributed by atoms with Crippen LogP contribution < -0.4 is 5.32 Å². The van der Waals surface area contributed by atoms with E-state index < -0.39 is 0 Å². The van der Waals surface area contributed by atoms with Gasteiger partial charge in [0.05, 0.1) is 12.6 Å². The molecule has 2 aliphatic rings. The molecule has 96 valence electrons. The predicted octanol–water partition coefficient (Wildman–Crippen LogP) is 2.48. The van der Waals surface area contributed by atoms with Gasteiger partial charge in [0, 0.05) is 11.6 Å². The van der Waals surface area contributed by atoms with Gasteiger partial charge >= 0.3 is 0 Å². The fraction of sp³-hybridized carbons (Fsp3) is 0.500. The molecule has 1 saturated heterocycles. The van der Waals surface area contributed by atoms with E-state index in [1.807, 2.05) is 12.1 Å². The first-order chi connectivity index (χ1) is 8.84. The van der Waals surface area contributed by atoms with Gasteiger partial charge in [0.25, 0.3) is 0 Å². The summed E-state index contributed by atoms with van der Waals surface area (Å²) in [4.78, 5) is 7.12. The molecule has 0 spiro atoms. The molecule has 2 heterocycles. The lowest BCUT2D eigenvalue weighted by Gasteiger charge is -2.28. The van der Waals surface area contributed by atoms with Crippen molar-refractivity contribution in [1.29, 1.82) is 0 Å². The Balaban J connectivity index is 1.90. The van der Waals surface area contributed by atoms with Crippen LogP contribution >= 0.6 is 11.6 Å². The van der Waals surface area contributed by atoms with Crippen molar-refractivity contribution in [3.05, 3.63) is 34.9 Å². The molecule has 0 radical (unpaired) electrons. The summed E-state index contributed by atoms with van der Waals surface area (Å²) in [7, 11) is 0. The Kier molecular flexibility index (Phi) is 3.52. The summed E-state index contributed by atoms with van der Waals surface area (Å²) in [6.07, 6.45) is 2.58. The largest absolute Gasteiger partial charge is 0.370 e. The number of aliphatic imine (C=N–C) groups is 1. The van der Waals surface area contributed by atoms with Gasteiger partial charge in [-0.15, -0.1) is 0 Å². The van der Waals surface area contributed by atoms with E-state index in [1.165, 1.54) is 18.4 Å². The molecular formula is C14H18ClN3. The Morgan fingerprint density at radius 3 is 2.50 bits per heavy atom. The molecule has 3 rings (SSSR count). The maximum Gasteiger partial charge on any atom is 0.119 e. The molecule has 0 aliphatic carbocycles. The van der Waals surface area contributed by atoms with Crippen LogP contribution in [0.25, 0.3) is 0 Å². The van der Waals surface area contributed by atoms with Crippen molar-refractivity contribution in [1.82, 2.24) is 10.2 Å². The molecule has 1 fully saturated rings. The molecule has 1 unspecified atom stereocenters. The van der Waals surface area contributed by atoms with Crippen molar-refractivity contribution in [3.8, 4) is 0 Å². The van der Waals surface area contributed by atoms with E-state index in [0.29, 0.717) is 0 Å². The number of nitrogens with zero attached hydrogens (tertiary/aromatic N) is 2. The summed E-state index contributed by atoms with van der Waals surface area (Å²) in [5.41, 5.74) is 1.29. The number of nitrogens with one attached hydrogen (secondary N) is 1. The van der Waals surface area contributed by atoms with Gasteiger partial charge in [-0.3, -0.25) is 9.89 Å². The normalized spacial score (nSPS) is 21.7. The second kappa shape index (κ2) is 5.29. The summed E-state index contributed by atoms with van der Waals surface area (Å²) in [6.45, 7) is 4.18. The average Bonchev–Trinajstić information content (AvgIpc) is 3.06. The predicted molar refractivity (Wildman–Crippen MR) is 75.3 cm³/mol. The number of benzene rings is 1. The lowest BCUT2D eigenvalue weighted by atomic mass is 10.0. The van der Waals surface area contributed by atoms with Crippen LogP contribution in [-0.4, -0.2) is 36.9 Å². The monoisotopic (exact) mass is 263 g/mol. The topological polar surface area (TPSA) is 27.6 Å². The smallest absolute Gasteiger partial charge is 0.119 e.